The number of rotatable bonds is 4. The zero-order valence-electron chi connectivity index (χ0n) is 12.9. The van der Waals surface area contributed by atoms with E-state index in [-0.39, 0.29) is 5.91 Å². The summed E-state index contributed by atoms with van der Waals surface area (Å²) in [6, 6.07) is 8.36. The molecule has 3 aromatic rings. The number of thiophene rings is 1. The fourth-order valence-corrected chi connectivity index (χ4v) is 4.23. The normalized spacial score (nSPS) is 15.3. The number of amides is 1. The average Bonchev–Trinajstić information content (AvgIpc) is 3.28. The highest BCUT2D eigenvalue weighted by atomic mass is 32.1. The van der Waals surface area contributed by atoms with Crippen LogP contribution in [0.3, 0.4) is 0 Å². The molecule has 1 fully saturated rings. The summed E-state index contributed by atoms with van der Waals surface area (Å²) in [7, 11) is 0. The highest BCUT2D eigenvalue weighted by Crippen LogP contribution is 2.34. The topological polar surface area (TPSA) is 46.9 Å². The lowest BCUT2D eigenvalue weighted by atomic mass is 10.2. The summed E-state index contributed by atoms with van der Waals surface area (Å²) in [6.07, 6.45) is 11.3. The predicted molar refractivity (Wildman–Crippen MR) is 92.7 cm³/mol. The van der Waals surface area contributed by atoms with Crippen LogP contribution in [0.15, 0.2) is 42.9 Å². The van der Waals surface area contributed by atoms with Crippen molar-refractivity contribution in [2.75, 3.05) is 0 Å². The van der Waals surface area contributed by atoms with Gasteiger partial charge in [0.15, 0.2) is 0 Å². The highest BCUT2D eigenvalue weighted by molar-refractivity contribution is 7.20. The molecule has 4 rings (SSSR count). The van der Waals surface area contributed by atoms with Gasteiger partial charge in [0, 0.05) is 30.0 Å². The average molecular weight is 325 g/mol. The van der Waals surface area contributed by atoms with E-state index in [2.05, 4.69) is 27.3 Å². The Labute approximate surface area is 139 Å². The maximum atomic E-state index is 12.3. The molecule has 0 atom stereocenters. The van der Waals surface area contributed by atoms with Crippen molar-refractivity contribution in [2.45, 2.75) is 38.3 Å². The summed E-state index contributed by atoms with van der Waals surface area (Å²) >= 11 is 1.57. The fraction of sp³-hybridized carbons (Fsp3) is 0.333. The quantitative estimate of drug-likeness (QED) is 0.783. The van der Waals surface area contributed by atoms with Gasteiger partial charge in [-0.1, -0.05) is 18.9 Å². The van der Waals surface area contributed by atoms with E-state index in [1.54, 1.807) is 17.5 Å². The predicted octanol–water partition coefficient (Wildman–Crippen LogP) is 4.14. The number of nitrogens with zero attached hydrogens (tertiary/aromatic N) is 2. The van der Waals surface area contributed by atoms with Gasteiger partial charge in [0.2, 0.25) is 0 Å². The highest BCUT2D eigenvalue weighted by Gasteiger charge is 2.18. The van der Waals surface area contributed by atoms with Gasteiger partial charge < -0.3 is 9.88 Å². The molecule has 0 spiro atoms. The van der Waals surface area contributed by atoms with Crippen LogP contribution in [0.5, 0.6) is 0 Å². The molecule has 1 saturated carbocycles. The number of aromatic nitrogens is 2. The van der Waals surface area contributed by atoms with E-state index in [0.29, 0.717) is 12.6 Å². The van der Waals surface area contributed by atoms with Gasteiger partial charge in [-0.15, -0.1) is 11.3 Å². The molecule has 0 aliphatic heterocycles. The minimum absolute atomic E-state index is 0.0238. The SMILES string of the molecule is O=C(NCc1ccccn1)c1cc2cn(C3CCCC3)cc2s1. The summed E-state index contributed by atoms with van der Waals surface area (Å²) in [5.41, 5.74) is 0.871. The molecule has 3 heterocycles. The van der Waals surface area contributed by atoms with Gasteiger partial charge in [0.25, 0.3) is 5.91 Å². The molecule has 0 bridgehead atoms. The molecule has 1 aliphatic rings. The van der Waals surface area contributed by atoms with Crippen molar-refractivity contribution >= 4 is 27.3 Å². The van der Waals surface area contributed by atoms with E-state index >= 15 is 0 Å². The van der Waals surface area contributed by atoms with Crippen molar-refractivity contribution < 1.29 is 4.79 Å². The molecule has 4 nitrogen and oxygen atoms in total. The molecule has 1 N–H and O–H groups in total. The molecule has 5 heteroatoms. The first-order valence-corrected chi connectivity index (χ1v) is 8.90. The van der Waals surface area contributed by atoms with Crippen LogP contribution in [0.4, 0.5) is 0 Å². The molecule has 0 aromatic carbocycles. The Balaban J connectivity index is 1.46. The third kappa shape index (κ3) is 3.01. The molecular weight excluding hydrogens is 306 g/mol. The molecule has 1 aliphatic carbocycles. The summed E-state index contributed by atoms with van der Waals surface area (Å²) in [5.74, 6) is -0.0238. The summed E-state index contributed by atoms with van der Waals surface area (Å²) < 4.78 is 3.53. The maximum Gasteiger partial charge on any atom is 0.261 e. The Kier molecular flexibility index (Phi) is 3.87. The van der Waals surface area contributed by atoms with Gasteiger partial charge in [0.1, 0.15) is 0 Å². The third-order valence-corrected chi connectivity index (χ3v) is 5.56. The summed E-state index contributed by atoms with van der Waals surface area (Å²) in [4.78, 5) is 17.3. The lowest BCUT2D eigenvalue weighted by molar-refractivity contribution is 0.0954. The first-order valence-electron chi connectivity index (χ1n) is 8.09. The molecule has 0 saturated heterocycles. The number of hydrogen-bond acceptors (Lipinski definition) is 3. The Morgan fingerprint density at radius 1 is 1.30 bits per heavy atom. The summed E-state index contributed by atoms with van der Waals surface area (Å²) in [5, 5.41) is 4.11. The van der Waals surface area contributed by atoms with E-state index in [1.165, 1.54) is 35.8 Å². The van der Waals surface area contributed by atoms with Gasteiger partial charge in [0.05, 0.1) is 21.8 Å². The molecule has 118 valence electrons. The lowest BCUT2D eigenvalue weighted by Crippen LogP contribution is -2.22. The van der Waals surface area contributed by atoms with Crippen molar-refractivity contribution in [3.8, 4) is 0 Å². The maximum absolute atomic E-state index is 12.3. The third-order valence-electron chi connectivity index (χ3n) is 4.47. The largest absolute Gasteiger partial charge is 0.349 e. The van der Waals surface area contributed by atoms with Crippen molar-refractivity contribution in [1.82, 2.24) is 14.9 Å². The Morgan fingerprint density at radius 3 is 2.91 bits per heavy atom. The van der Waals surface area contributed by atoms with E-state index in [1.807, 2.05) is 24.3 Å². The lowest BCUT2D eigenvalue weighted by Gasteiger charge is -2.10. The zero-order chi connectivity index (χ0) is 15.6. The Bertz CT molecular complexity index is 784. The van der Waals surface area contributed by atoms with Crippen molar-refractivity contribution in [1.29, 1.82) is 0 Å². The van der Waals surface area contributed by atoms with Crippen LogP contribution in [0.2, 0.25) is 0 Å². The van der Waals surface area contributed by atoms with E-state index in [0.717, 1.165) is 10.6 Å². The van der Waals surface area contributed by atoms with E-state index < -0.39 is 0 Å². The second-order valence-corrected chi connectivity index (χ2v) is 7.16. The van der Waals surface area contributed by atoms with Gasteiger partial charge in [-0.05, 0) is 31.0 Å². The molecule has 1 amide bonds. The Morgan fingerprint density at radius 2 is 2.17 bits per heavy atom. The number of carbonyl (C=O) groups is 1. The van der Waals surface area contributed by atoms with E-state index in [9.17, 15) is 4.79 Å². The minimum Gasteiger partial charge on any atom is -0.349 e. The first-order chi connectivity index (χ1) is 11.3. The van der Waals surface area contributed by atoms with Crippen molar-refractivity contribution in [3.05, 3.63) is 53.4 Å². The monoisotopic (exact) mass is 325 g/mol. The molecule has 3 aromatic heterocycles. The molecule has 0 radical (unpaired) electrons. The fourth-order valence-electron chi connectivity index (χ4n) is 3.24. The zero-order valence-corrected chi connectivity index (χ0v) is 13.7. The van der Waals surface area contributed by atoms with Crippen molar-refractivity contribution in [2.24, 2.45) is 0 Å². The van der Waals surface area contributed by atoms with Crippen LogP contribution >= 0.6 is 11.3 Å². The van der Waals surface area contributed by atoms with Gasteiger partial charge >= 0.3 is 0 Å². The summed E-state index contributed by atoms with van der Waals surface area (Å²) in [6.45, 7) is 0.462. The standard InChI is InChI=1S/C18H19N3OS/c22-18(20-10-14-5-3-4-8-19-14)16-9-13-11-21(12-17(13)23-16)15-6-1-2-7-15/h3-5,8-9,11-12,15H,1-2,6-7,10H2,(H,20,22). The first kappa shape index (κ1) is 14.5. The molecule has 23 heavy (non-hydrogen) atoms. The van der Waals surface area contributed by atoms with Gasteiger partial charge in [-0.2, -0.15) is 0 Å². The number of carbonyl (C=O) groups excluding carboxylic acids is 1. The van der Waals surface area contributed by atoms with Crippen LogP contribution in [0, 0.1) is 0 Å². The minimum atomic E-state index is -0.0238. The van der Waals surface area contributed by atoms with Crippen LogP contribution < -0.4 is 5.32 Å². The van der Waals surface area contributed by atoms with Crippen LogP contribution in [0.1, 0.15) is 47.1 Å². The van der Waals surface area contributed by atoms with Crippen LogP contribution in [0.25, 0.3) is 10.1 Å². The van der Waals surface area contributed by atoms with E-state index in [4.69, 9.17) is 0 Å². The van der Waals surface area contributed by atoms with Gasteiger partial charge in [-0.3, -0.25) is 9.78 Å². The molecular formula is C18H19N3OS. The number of pyridine rings is 1. The second kappa shape index (κ2) is 6.16. The number of fused-ring (bicyclic) bond motifs is 1. The van der Waals surface area contributed by atoms with Gasteiger partial charge in [-0.25, -0.2) is 0 Å². The van der Waals surface area contributed by atoms with Crippen LogP contribution in [-0.4, -0.2) is 15.5 Å². The smallest absolute Gasteiger partial charge is 0.261 e. The number of nitrogens with one attached hydrogen (secondary N) is 1. The number of hydrogen-bond donors (Lipinski definition) is 1. The second-order valence-electron chi connectivity index (χ2n) is 6.08. The van der Waals surface area contributed by atoms with Crippen molar-refractivity contribution in [3.63, 3.8) is 0 Å². The van der Waals surface area contributed by atoms with Crippen LogP contribution in [-0.2, 0) is 6.54 Å². The molecule has 0 unspecified atom stereocenters. The Hall–Kier alpha value is -2.14.